The highest BCUT2D eigenvalue weighted by Gasteiger charge is 2.30. The Labute approximate surface area is 169 Å². The van der Waals surface area contributed by atoms with E-state index in [1.165, 1.54) is 4.90 Å². The predicted octanol–water partition coefficient (Wildman–Crippen LogP) is 2.86. The lowest BCUT2D eigenvalue weighted by atomic mass is 10.0. The molecule has 1 aliphatic rings. The van der Waals surface area contributed by atoms with Crippen LogP contribution >= 0.6 is 0 Å². The molecule has 1 saturated heterocycles. The first-order valence-corrected chi connectivity index (χ1v) is 9.08. The smallest absolute Gasteiger partial charge is 0.416 e. The van der Waals surface area contributed by atoms with Gasteiger partial charge < -0.3 is 25.5 Å². The van der Waals surface area contributed by atoms with E-state index in [2.05, 4.69) is 5.32 Å². The summed E-state index contributed by atoms with van der Waals surface area (Å²) in [7, 11) is 0. The summed E-state index contributed by atoms with van der Waals surface area (Å²) in [5, 5.41) is 31.2. The molecule has 3 rings (SSSR count). The van der Waals surface area contributed by atoms with E-state index in [1.807, 2.05) is 0 Å². The van der Waals surface area contributed by atoms with Gasteiger partial charge in [0, 0.05) is 30.3 Å². The molecule has 1 fully saturated rings. The number of phenolic OH excluding ortho intramolecular Hbond substituents is 3. The number of piperidine rings is 1. The summed E-state index contributed by atoms with van der Waals surface area (Å²) in [6.45, 7) is 0.582. The second-order valence-corrected chi connectivity index (χ2v) is 6.98. The monoisotopic (exact) mass is 424 g/mol. The normalized spacial score (nSPS) is 15.1. The molecule has 0 aliphatic carbocycles. The van der Waals surface area contributed by atoms with Crippen LogP contribution in [0.4, 0.5) is 13.2 Å². The third kappa shape index (κ3) is 4.58. The minimum absolute atomic E-state index is 0.00930. The lowest BCUT2D eigenvalue weighted by molar-refractivity contribution is -0.137. The van der Waals surface area contributed by atoms with Crippen molar-refractivity contribution in [2.24, 2.45) is 0 Å². The van der Waals surface area contributed by atoms with Crippen LogP contribution in [0.15, 0.2) is 36.4 Å². The molecule has 0 atom stereocenters. The quantitative estimate of drug-likeness (QED) is 0.567. The molecule has 2 aromatic carbocycles. The Balaban J connectivity index is 1.56. The van der Waals surface area contributed by atoms with Crippen LogP contribution in [0, 0.1) is 0 Å². The molecule has 0 spiro atoms. The van der Waals surface area contributed by atoms with Crippen LogP contribution in [0.1, 0.15) is 39.1 Å². The van der Waals surface area contributed by atoms with Crippen LogP contribution < -0.4 is 5.32 Å². The maximum atomic E-state index is 12.6. The molecular weight excluding hydrogens is 405 g/mol. The first kappa shape index (κ1) is 21.3. The zero-order valence-electron chi connectivity index (χ0n) is 15.6. The molecule has 4 N–H and O–H groups in total. The Morgan fingerprint density at radius 2 is 1.47 bits per heavy atom. The van der Waals surface area contributed by atoms with E-state index in [-0.39, 0.29) is 17.2 Å². The maximum Gasteiger partial charge on any atom is 0.416 e. The minimum atomic E-state index is -4.47. The molecule has 0 bridgehead atoms. The van der Waals surface area contributed by atoms with Crippen molar-refractivity contribution in [3.63, 3.8) is 0 Å². The zero-order chi connectivity index (χ0) is 22.1. The number of benzene rings is 2. The number of likely N-dealkylation sites (tertiary alicyclic amines) is 1. The molecule has 1 aliphatic heterocycles. The van der Waals surface area contributed by atoms with Crippen molar-refractivity contribution in [2.75, 3.05) is 13.1 Å². The number of alkyl halides is 3. The third-order valence-corrected chi connectivity index (χ3v) is 4.91. The van der Waals surface area contributed by atoms with Crippen molar-refractivity contribution in [3.8, 4) is 17.2 Å². The average molecular weight is 424 g/mol. The molecule has 10 heteroatoms. The fourth-order valence-corrected chi connectivity index (χ4v) is 3.22. The van der Waals surface area contributed by atoms with Crippen molar-refractivity contribution in [1.29, 1.82) is 0 Å². The Hall–Kier alpha value is -3.43. The lowest BCUT2D eigenvalue weighted by Gasteiger charge is -2.32. The largest absolute Gasteiger partial charge is 0.504 e. The SMILES string of the molecule is O=C(NC1CCN(C(=O)c2cc(O)c(O)c(O)c2)CC1)c1ccc(C(F)(F)F)cc1. The number of carbonyl (C=O) groups excluding carboxylic acids is 2. The summed E-state index contributed by atoms with van der Waals surface area (Å²) in [6.07, 6.45) is -3.62. The van der Waals surface area contributed by atoms with E-state index in [0.717, 1.165) is 36.4 Å². The van der Waals surface area contributed by atoms with Gasteiger partial charge in [0.05, 0.1) is 5.56 Å². The molecule has 0 unspecified atom stereocenters. The van der Waals surface area contributed by atoms with Gasteiger partial charge in [-0.2, -0.15) is 13.2 Å². The van der Waals surface area contributed by atoms with Crippen molar-refractivity contribution in [2.45, 2.75) is 25.1 Å². The second-order valence-electron chi connectivity index (χ2n) is 6.98. The summed E-state index contributed by atoms with van der Waals surface area (Å²) < 4.78 is 37.8. The number of halogens is 3. The van der Waals surface area contributed by atoms with Crippen LogP contribution in [0.3, 0.4) is 0 Å². The third-order valence-electron chi connectivity index (χ3n) is 4.91. The molecule has 2 amide bonds. The molecule has 160 valence electrons. The van der Waals surface area contributed by atoms with Crippen LogP contribution in [0.2, 0.25) is 0 Å². The molecule has 0 radical (unpaired) electrons. The summed E-state index contributed by atoms with van der Waals surface area (Å²) in [6, 6.07) is 5.76. The van der Waals surface area contributed by atoms with Gasteiger partial charge in [-0.25, -0.2) is 0 Å². The number of rotatable bonds is 3. The van der Waals surface area contributed by atoms with Crippen molar-refractivity contribution < 1.29 is 38.1 Å². The Morgan fingerprint density at radius 1 is 0.933 bits per heavy atom. The Kier molecular flexibility index (Phi) is 5.77. The highest BCUT2D eigenvalue weighted by atomic mass is 19.4. The minimum Gasteiger partial charge on any atom is -0.504 e. The van der Waals surface area contributed by atoms with Crippen LogP contribution in [0.5, 0.6) is 17.2 Å². The van der Waals surface area contributed by atoms with Crippen molar-refractivity contribution in [3.05, 3.63) is 53.1 Å². The Bertz CT molecular complexity index is 929. The van der Waals surface area contributed by atoms with E-state index in [1.54, 1.807) is 0 Å². The first-order valence-electron chi connectivity index (χ1n) is 9.08. The summed E-state index contributed by atoms with van der Waals surface area (Å²) in [5.41, 5.74) is -0.719. The molecular formula is C20H19F3N2O5. The number of carbonyl (C=O) groups is 2. The number of nitrogens with one attached hydrogen (secondary N) is 1. The number of nitrogens with zero attached hydrogens (tertiary/aromatic N) is 1. The highest BCUT2D eigenvalue weighted by Crippen LogP contribution is 2.36. The number of phenols is 3. The van der Waals surface area contributed by atoms with Crippen LogP contribution in [0.25, 0.3) is 0 Å². The van der Waals surface area contributed by atoms with E-state index in [0.29, 0.717) is 25.9 Å². The number of aromatic hydroxyl groups is 3. The van der Waals surface area contributed by atoms with Gasteiger partial charge in [-0.15, -0.1) is 0 Å². The van der Waals surface area contributed by atoms with Crippen molar-refractivity contribution >= 4 is 11.8 Å². The number of amides is 2. The Morgan fingerprint density at radius 3 is 1.97 bits per heavy atom. The van der Waals surface area contributed by atoms with E-state index < -0.39 is 40.8 Å². The number of hydrogen-bond acceptors (Lipinski definition) is 5. The lowest BCUT2D eigenvalue weighted by Crippen LogP contribution is -2.46. The fraction of sp³-hybridized carbons (Fsp3) is 0.300. The molecule has 0 saturated carbocycles. The van der Waals surface area contributed by atoms with Crippen LogP contribution in [-0.4, -0.2) is 51.2 Å². The zero-order valence-corrected chi connectivity index (χ0v) is 15.6. The fourth-order valence-electron chi connectivity index (χ4n) is 3.22. The second kappa shape index (κ2) is 8.13. The van der Waals surface area contributed by atoms with Gasteiger partial charge in [0.25, 0.3) is 11.8 Å². The van der Waals surface area contributed by atoms with Crippen LogP contribution in [-0.2, 0) is 6.18 Å². The summed E-state index contributed by atoms with van der Waals surface area (Å²) in [4.78, 5) is 26.3. The number of hydrogen-bond donors (Lipinski definition) is 4. The molecule has 7 nitrogen and oxygen atoms in total. The molecule has 2 aromatic rings. The standard InChI is InChI=1S/C20H19F3N2O5/c21-20(22,23)13-3-1-11(2-4-13)18(29)24-14-5-7-25(8-6-14)19(30)12-9-15(26)17(28)16(27)10-12/h1-4,9-10,14,26-28H,5-8H2,(H,24,29). The van der Waals surface area contributed by atoms with Gasteiger partial charge in [-0.05, 0) is 49.2 Å². The average Bonchev–Trinajstić information content (AvgIpc) is 2.71. The van der Waals surface area contributed by atoms with Gasteiger partial charge in [-0.3, -0.25) is 9.59 Å². The molecule has 1 heterocycles. The van der Waals surface area contributed by atoms with E-state index in [9.17, 15) is 38.1 Å². The van der Waals surface area contributed by atoms with E-state index >= 15 is 0 Å². The molecule has 30 heavy (non-hydrogen) atoms. The summed E-state index contributed by atoms with van der Waals surface area (Å²) in [5.74, 6) is -2.89. The van der Waals surface area contributed by atoms with Crippen molar-refractivity contribution in [1.82, 2.24) is 10.2 Å². The topological polar surface area (TPSA) is 110 Å². The van der Waals surface area contributed by atoms with Gasteiger partial charge in [-0.1, -0.05) is 0 Å². The molecule has 0 aromatic heterocycles. The van der Waals surface area contributed by atoms with Gasteiger partial charge >= 0.3 is 6.18 Å². The highest BCUT2D eigenvalue weighted by molar-refractivity contribution is 5.96. The van der Waals surface area contributed by atoms with E-state index in [4.69, 9.17) is 0 Å². The summed E-state index contributed by atoms with van der Waals surface area (Å²) >= 11 is 0. The maximum absolute atomic E-state index is 12.6. The van der Waals surface area contributed by atoms with Gasteiger partial charge in [0.15, 0.2) is 17.2 Å². The van der Waals surface area contributed by atoms with Gasteiger partial charge in [0.1, 0.15) is 0 Å². The predicted molar refractivity (Wildman–Crippen MR) is 99.3 cm³/mol. The van der Waals surface area contributed by atoms with Gasteiger partial charge in [0.2, 0.25) is 0 Å². The first-order chi connectivity index (χ1) is 14.1.